The Balaban J connectivity index is 1.42. The second kappa shape index (κ2) is 10.4. The number of benzene rings is 1. The number of ether oxygens (including phenoxy) is 1. The molecule has 2 heterocycles. The van der Waals surface area contributed by atoms with Crippen LogP contribution < -0.4 is 5.32 Å². The third kappa shape index (κ3) is 6.72. The van der Waals surface area contributed by atoms with Gasteiger partial charge < -0.3 is 15.2 Å². The summed E-state index contributed by atoms with van der Waals surface area (Å²) in [6, 6.07) is 5.63. The molecule has 0 spiro atoms. The third-order valence-corrected chi connectivity index (χ3v) is 6.00. The van der Waals surface area contributed by atoms with Crippen LogP contribution >= 0.6 is 35.0 Å². The molecule has 2 N–H and O–H groups in total. The minimum atomic E-state index is -0.135. The van der Waals surface area contributed by atoms with Crippen molar-refractivity contribution >= 4 is 40.9 Å². The average molecular weight is 457 g/mol. The topological polar surface area (TPSA) is 87.6 Å². The average Bonchev–Trinajstić information content (AvgIpc) is 2.70. The van der Waals surface area contributed by atoms with E-state index in [2.05, 4.69) is 20.2 Å². The number of hydrogen-bond donors (Lipinski definition) is 2. The van der Waals surface area contributed by atoms with E-state index in [9.17, 15) is 9.90 Å². The maximum Gasteiger partial charge on any atom is 0.230 e. The summed E-state index contributed by atoms with van der Waals surface area (Å²) >= 11 is 13.2. The van der Waals surface area contributed by atoms with Crippen LogP contribution in [-0.2, 0) is 16.1 Å². The number of aromatic nitrogens is 2. The highest BCUT2D eigenvalue weighted by atomic mass is 35.5. The number of nitrogens with zero attached hydrogens (tertiary/aromatic N) is 3. The number of halogens is 2. The van der Waals surface area contributed by atoms with Crippen LogP contribution in [0, 0.1) is 6.92 Å². The fraction of sp³-hybridized carbons (Fsp3) is 0.421. The monoisotopic (exact) mass is 456 g/mol. The molecule has 7 nitrogen and oxygen atoms in total. The smallest absolute Gasteiger partial charge is 0.230 e. The minimum absolute atomic E-state index is 0.0689. The molecule has 0 unspecified atom stereocenters. The number of carbonyl (C=O) groups is 1. The number of thioether (sulfide) groups is 1. The largest absolute Gasteiger partial charge is 0.493 e. The fourth-order valence-corrected chi connectivity index (χ4v) is 3.80. The van der Waals surface area contributed by atoms with Crippen LogP contribution in [-0.4, -0.2) is 64.0 Å². The molecule has 1 saturated heterocycles. The molecule has 156 valence electrons. The molecule has 1 amide bonds. The zero-order valence-electron chi connectivity index (χ0n) is 15.9. The quantitative estimate of drug-likeness (QED) is 0.488. The Morgan fingerprint density at radius 3 is 3.00 bits per heavy atom. The zero-order valence-corrected chi connectivity index (χ0v) is 18.2. The summed E-state index contributed by atoms with van der Waals surface area (Å²) in [4.78, 5) is 22.4. The Hall–Kier alpha value is -1.58. The molecule has 10 heteroatoms. The first-order chi connectivity index (χ1) is 13.9. The lowest BCUT2D eigenvalue weighted by Gasteiger charge is -2.33. The first-order valence-electron chi connectivity index (χ1n) is 9.10. The van der Waals surface area contributed by atoms with Gasteiger partial charge in [0, 0.05) is 37.9 Å². The summed E-state index contributed by atoms with van der Waals surface area (Å²) < 4.78 is 5.76. The normalized spacial score (nSPS) is 17.3. The number of aromatic hydroxyl groups is 1. The molecule has 1 fully saturated rings. The number of hydrogen-bond acceptors (Lipinski definition) is 7. The fourth-order valence-electron chi connectivity index (χ4n) is 2.84. The number of morpholine rings is 1. The maximum atomic E-state index is 12.1. The molecule has 1 aromatic carbocycles. The first kappa shape index (κ1) is 22.1. The van der Waals surface area contributed by atoms with E-state index < -0.39 is 0 Å². The molecule has 29 heavy (non-hydrogen) atoms. The Morgan fingerprint density at radius 2 is 2.24 bits per heavy atom. The van der Waals surface area contributed by atoms with Gasteiger partial charge in [0.05, 0.1) is 28.5 Å². The predicted molar refractivity (Wildman–Crippen MR) is 114 cm³/mol. The van der Waals surface area contributed by atoms with Gasteiger partial charge in [-0.2, -0.15) is 4.98 Å². The van der Waals surface area contributed by atoms with Gasteiger partial charge in [-0.15, -0.1) is 0 Å². The van der Waals surface area contributed by atoms with Gasteiger partial charge in [-0.25, -0.2) is 4.98 Å². The second-order valence-corrected chi connectivity index (χ2v) is 8.49. The summed E-state index contributed by atoms with van der Waals surface area (Å²) in [5, 5.41) is 13.9. The summed E-state index contributed by atoms with van der Waals surface area (Å²) in [6.45, 7) is 5.02. The van der Waals surface area contributed by atoms with Gasteiger partial charge in [0.2, 0.25) is 11.8 Å². The number of amides is 1. The van der Waals surface area contributed by atoms with Crippen molar-refractivity contribution in [3.05, 3.63) is 45.6 Å². The summed E-state index contributed by atoms with van der Waals surface area (Å²) in [5.74, 6) is -0.0354. The molecule has 0 aliphatic carbocycles. The van der Waals surface area contributed by atoms with Crippen molar-refractivity contribution in [3.63, 3.8) is 0 Å². The highest BCUT2D eigenvalue weighted by Gasteiger charge is 2.21. The van der Waals surface area contributed by atoms with Crippen LogP contribution in [0.3, 0.4) is 0 Å². The van der Waals surface area contributed by atoms with E-state index in [-0.39, 0.29) is 23.6 Å². The molecule has 3 rings (SSSR count). The summed E-state index contributed by atoms with van der Waals surface area (Å²) in [7, 11) is 0. The van der Waals surface area contributed by atoms with Gasteiger partial charge >= 0.3 is 0 Å². The van der Waals surface area contributed by atoms with E-state index >= 15 is 0 Å². The Kier molecular flexibility index (Phi) is 7.97. The van der Waals surface area contributed by atoms with Crippen LogP contribution in [0.1, 0.15) is 11.1 Å². The number of aryl methyl sites for hydroxylation is 1. The molecule has 1 aromatic heterocycles. The van der Waals surface area contributed by atoms with Crippen molar-refractivity contribution in [1.29, 1.82) is 0 Å². The Bertz CT molecular complexity index is 871. The van der Waals surface area contributed by atoms with Crippen LogP contribution in [0.25, 0.3) is 0 Å². The van der Waals surface area contributed by atoms with E-state index in [1.54, 1.807) is 13.0 Å². The van der Waals surface area contributed by atoms with E-state index in [4.69, 9.17) is 27.9 Å². The van der Waals surface area contributed by atoms with Gasteiger partial charge in [0.25, 0.3) is 0 Å². The predicted octanol–water partition coefficient (Wildman–Crippen LogP) is 2.91. The lowest BCUT2D eigenvalue weighted by molar-refractivity contribution is -0.119. The molecule has 1 aliphatic heterocycles. The molecule has 1 atom stereocenters. The lowest BCUT2D eigenvalue weighted by Crippen LogP contribution is -2.47. The zero-order chi connectivity index (χ0) is 20.8. The maximum absolute atomic E-state index is 12.1. The first-order valence-corrected chi connectivity index (χ1v) is 10.8. The highest BCUT2D eigenvalue weighted by Crippen LogP contribution is 2.23. The van der Waals surface area contributed by atoms with E-state index in [1.807, 2.05) is 12.1 Å². The summed E-state index contributed by atoms with van der Waals surface area (Å²) in [5.41, 5.74) is 1.68. The van der Waals surface area contributed by atoms with E-state index in [0.717, 1.165) is 18.7 Å². The van der Waals surface area contributed by atoms with Crippen molar-refractivity contribution < 1.29 is 14.6 Å². The van der Waals surface area contributed by atoms with Gasteiger partial charge in [-0.05, 0) is 24.6 Å². The van der Waals surface area contributed by atoms with Crippen molar-refractivity contribution in [2.45, 2.75) is 24.7 Å². The highest BCUT2D eigenvalue weighted by molar-refractivity contribution is 7.99. The van der Waals surface area contributed by atoms with E-state index in [0.29, 0.717) is 40.5 Å². The SMILES string of the molecule is Cc1cnc(SCC(=O)NC[C@H]2CN(Cc3ccc(Cl)c(Cl)c3)CCO2)nc1O. The molecule has 0 radical (unpaired) electrons. The molecule has 0 bridgehead atoms. The lowest BCUT2D eigenvalue weighted by atomic mass is 10.2. The van der Waals surface area contributed by atoms with Gasteiger partial charge in [0.15, 0.2) is 5.16 Å². The van der Waals surface area contributed by atoms with Crippen molar-refractivity contribution in [1.82, 2.24) is 20.2 Å². The number of carbonyl (C=O) groups excluding carboxylic acids is 1. The molecule has 0 saturated carbocycles. The Labute approximate surface area is 183 Å². The molecular weight excluding hydrogens is 435 g/mol. The Morgan fingerprint density at radius 1 is 1.41 bits per heavy atom. The van der Waals surface area contributed by atoms with Crippen LogP contribution in [0.15, 0.2) is 29.6 Å². The number of nitrogens with one attached hydrogen (secondary N) is 1. The summed E-state index contributed by atoms with van der Waals surface area (Å²) in [6.07, 6.45) is 1.45. The molecule has 1 aliphatic rings. The second-order valence-electron chi connectivity index (χ2n) is 6.73. The number of rotatable bonds is 7. The van der Waals surface area contributed by atoms with Gasteiger partial charge in [0.1, 0.15) is 0 Å². The van der Waals surface area contributed by atoms with Crippen molar-refractivity contribution in [3.8, 4) is 5.88 Å². The molecule has 2 aromatic rings. The van der Waals surface area contributed by atoms with Crippen LogP contribution in [0.2, 0.25) is 10.0 Å². The van der Waals surface area contributed by atoms with E-state index in [1.165, 1.54) is 18.0 Å². The van der Waals surface area contributed by atoms with Crippen molar-refractivity contribution in [2.75, 3.05) is 32.0 Å². The van der Waals surface area contributed by atoms with Gasteiger partial charge in [-0.3, -0.25) is 9.69 Å². The van der Waals surface area contributed by atoms with Gasteiger partial charge in [-0.1, -0.05) is 41.0 Å². The molecular formula is C19H22Cl2N4O3S. The minimum Gasteiger partial charge on any atom is -0.493 e. The third-order valence-electron chi connectivity index (χ3n) is 4.40. The van der Waals surface area contributed by atoms with Crippen LogP contribution in [0.5, 0.6) is 5.88 Å². The van der Waals surface area contributed by atoms with Crippen LogP contribution in [0.4, 0.5) is 0 Å². The standard InChI is InChI=1S/C19H22Cl2N4O3S/c1-12-7-23-19(24-18(12)27)29-11-17(26)22-8-14-10-25(4-5-28-14)9-13-2-3-15(20)16(21)6-13/h2-3,6-7,14H,4-5,8-11H2,1H3,(H,22,26)(H,23,24,27)/t14-/m0/s1. The van der Waals surface area contributed by atoms with Crippen molar-refractivity contribution in [2.24, 2.45) is 0 Å².